The van der Waals surface area contributed by atoms with Gasteiger partial charge in [-0.15, -0.1) is 0 Å². The van der Waals surface area contributed by atoms with E-state index in [0.717, 1.165) is 26.8 Å². The number of hydrogen-bond donors (Lipinski definition) is 2. The summed E-state index contributed by atoms with van der Waals surface area (Å²) in [7, 11) is 1.28. The van der Waals surface area contributed by atoms with Gasteiger partial charge in [0.15, 0.2) is 0 Å². The molecule has 0 saturated heterocycles. The van der Waals surface area contributed by atoms with Crippen molar-refractivity contribution in [3.05, 3.63) is 167 Å². The standard InChI is InChI=1S/C24H30N2O4.C21H19Cl2FN2O4.C2H6/c1-17(2)22(24(28)25(5)29)23(21-12-18(3)11-19(4)13-21)26(15-27)16-30-14-20-9-7-6-8-10-20;1-12(2)17-19(13-6-8-15(22)9-7-13)25(21(28)26(29)20(17)27)11-30-10-14-4-3-5-16(23)18(14)24;1-2/h6-13,15,17,29H,14,16H2,1-5H3;3-9,12,29H,10-11H2,1-2H3;1-2H3/b23-22-;;. The lowest BCUT2D eigenvalue weighted by molar-refractivity contribution is -0.155. The first kappa shape index (κ1) is 50.8. The highest BCUT2D eigenvalue weighted by Gasteiger charge is 2.27. The number of amides is 2. The van der Waals surface area contributed by atoms with E-state index in [2.05, 4.69) is 0 Å². The van der Waals surface area contributed by atoms with Crippen LogP contribution in [0.4, 0.5) is 4.39 Å². The molecular formula is C47H55Cl2FN4O8. The molecule has 5 aromatic rings. The van der Waals surface area contributed by atoms with E-state index in [0.29, 0.717) is 45.6 Å². The summed E-state index contributed by atoms with van der Waals surface area (Å²) in [5, 5.41) is 20.9. The van der Waals surface area contributed by atoms with Crippen molar-refractivity contribution in [1.29, 1.82) is 0 Å². The smallest absolute Gasteiger partial charge is 0.366 e. The van der Waals surface area contributed by atoms with Crippen LogP contribution < -0.4 is 11.2 Å². The maximum Gasteiger partial charge on any atom is 0.366 e. The number of halogens is 3. The first-order chi connectivity index (χ1) is 29.5. The number of benzene rings is 4. The Morgan fingerprint density at radius 2 is 1.48 bits per heavy atom. The third-order valence-electron chi connectivity index (χ3n) is 9.17. The van der Waals surface area contributed by atoms with Crippen LogP contribution in [0.3, 0.4) is 0 Å². The molecule has 0 saturated carbocycles. The molecule has 62 heavy (non-hydrogen) atoms. The highest BCUT2D eigenvalue weighted by atomic mass is 35.5. The summed E-state index contributed by atoms with van der Waals surface area (Å²) in [4.78, 5) is 51.5. The van der Waals surface area contributed by atoms with Gasteiger partial charge in [-0.1, -0.05) is 141 Å². The number of likely N-dealkylation sites (N-methyl/N-ethyl adjacent to an activating group) is 1. The molecule has 0 aliphatic carbocycles. The van der Waals surface area contributed by atoms with Crippen LogP contribution in [0.2, 0.25) is 10.0 Å². The van der Waals surface area contributed by atoms with Gasteiger partial charge in [0.05, 0.1) is 29.6 Å². The summed E-state index contributed by atoms with van der Waals surface area (Å²) in [6, 6.07) is 26.6. The van der Waals surface area contributed by atoms with E-state index >= 15 is 0 Å². The monoisotopic (exact) mass is 892 g/mol. The summed E-state index contributed by atoms with van der Waals surface area (Å²) in [5.74, 6) is -1.72. The summed E-state index contributed by atoms with van der Waals surface area (Å²) >= 11 is 11.7. The Balaban J connectivity index is 0.000000318. The van der Waals surface area contributed by atoms with E-state index in [9.17, 15) is 34.0 Å². The van der Waals surface area contributed by atoms with Crippen LogP contribution in [0.15, 0.2) is 106 Å². The normalized spacial score (nSPS) is 11.3. The van der Waals surface area contributed by atoms with Crippen molar-refractivity contribution in [2.24, 2.45) is 5.92 Å². The van der Waals surface area contributed by atoms with Crippen LogP contribution in [0, 0.1) is 25.6 Å². The molecule has 1 aromatic heterocycles. The summed E-state index contributed by atoms with van der Waals surface area (Å²) in [5.41, 5.74) is 4.00. The molecule has 2 N–H and O–H groups in total. The largest absolute Gasteiger partial charge is 0.421 e. The summed E-state index contributed by atoms with van der Waals surface area (Å²) in [6.45, 7) is 15.0. The molecule has 15 heteroatoms. The van der Waals surface area contributed by atoms with Gasteiger partial charge in [0.1, 0.15) is 19.3 Å². The van der Waals surface area contributed by atoms with E-state index in [1.54, 1.807) is 44.2 Å². The van der Waals surface area contributed by atoms with Crippen molar-refractivity contribution in [2.45, 2.75) is 81.3 Å². The first-order valence-corrected chi connectivity index (χ1v) is 20.7. The Kier molecular flexibility index (Phi) is 19.8. The van der Waals surface area contributed by atoms with E-state index in [4.69, 9.17) is 32.7 Å². The summed E-state index contributed by atoms with van der Waals surface area (Å²) < 4.78 is 26.6. The van der Waals surface area contributed by atoms with Crippen molar-refractivity contribution in [1.82, 2.24) is 19.3 Å². The van der Waals surface area contributed by atoms with Crippen molar-refractivity contribution in [3.63, 3.8) is 0 Å². The van der Waals surface area contributed by atoms with Crippen molar-refractivity contribution < 1.29 is 33.9 Å². The van der Waals surface area contributed by atoms with Gasteiger partial charge in [-0.25, -0.2) is 14.2 Å². The number of nitrogens with zero attached hydrogens (tertiary/aromatic N) is 4. The SMILES string of the molecule is CC.CC(C)c1c(-c2ccc(Cl)cc2)n(COCc2cccc(Cl)c2F)c(=O)n(O)c1=O.Cc1cc(C)cc(/C(=C(/C(=O)N(C)O)C(C)C)N(C=O)COCc2ccccc2)c1. The predicted octanol–water partition coefficient (Wildman–Crippen LogP) is 9.83. The van der Waals surface area contributed by atoms with Gasteiger partial charge in [-0.05, 0) is 72.7 Å². The van der Waals surface area contributed by atoms with Gasteiger partial charge < -0.3 is 14.7 Å². The number of carbonyl (C=O) groups excluding carboxylic acids is 2. The van der Waals surface area contributed by atoms with Crippen LogP contribution >= 0.6 is 23.2 Å². The fourth-order valence-electron chi connectivity index (χ4n) is 6.49. The molecule has 1 heterocycles. The molecule has 0 aliphatic heterocycles. The Hall–Kier alpha value is -5.57. The fourth-order valence-corrected chi connectivity index (χ4v) is 6.81. The Labute approximate surface area is 371 Å². The van der Waals surface area contributed by atoms with Crippen molar-refractivity contribution in [3.8, 4) is 11.3 Å². The molecule has 5 rings (SSSR count). The number of aromatic nitrogens is 2. The second-order valence-electron chi connectivity index (χ2n) is 14.6. The second-order valence-corrected chi connectivity index (χ2v) is 15.4. The molecular weight excluding hydrogens is 838 g/mol. The molecule has 0 spiro atoms. The summed E-state index contributed by atoms with van der Waals surface area (Å²) in [6.07, 6.45) is 0.658. The Bertz CT molecular complexity index is 2410. The Morgan fingerprint density at radius 3 is 2.03 bits per heavy atom. The Morgan fingerprint density at radius 1 is 0.871 bits per heavy atom. The van der Waals surface area contributed by atoms with Crippen LogP contribution in [-0.2, 0) is 39.0 Å². The lowest BCUT2D eigenvalue weighted by Crippen LogP contribution is -2.42. The van der Waals surface area contributed by atoms with E-state index < -0.39 is 23.0 Å². The minimum atomic E-state index is -0.971. The third kappa shape index (κ3) is 13.2. The van der Waals surface area contributed by atoms with Gasteiger partial charge in [0.25, 0.3) is 11.5 Å². The van der Waals surface area contributed by atoms with Crippen LogP contribution in [-0.4, -0.2) is 55.8 Å². The first-order valence-electron chi connectivity index (χ1n) is 20.0. The molecule has 2 amide bonds. The van der Waals surface area contributed by atoms with Gasteiger partial charge in [0, 0.05) is 28.8 Å². The maximum absolute atomic E-state index is 14.1. The van der Waals surface area contributed by atoms with Crippen LogP contribution in [0.5, 0.6) is 0 Å². The van der Waals surface area contributed by atoms with Gasteiger partial charge in [0.2, 0.25) is 6.41 Å². The quantitative estimate of drug-likeness (QED) is 0.0264. The zero-order chi connectivity index (χ0) is 46.3. The van der Waals surface area contributed by atoms with E-state index in [-0.39, 0.29) is 52.8 Å². The van der Waals surface area contributed by atoms with Crippen LogP contribution in [0.1, 0.15) is 80.8 Å². The van der Waals surface area contributed by atoms with Crippen LogP contribution in [0.25, 0.3) is 17.0 Å². The number of hydroxylamine groups is 2. The average Bonchev–Trinajstić information content (AvgIpc) is 3.24. The number of hydrogen-bond acceptors (Lipinski definition) is 8. The lowest BCUT2D eigenvalue weighted by atomic mass is 9.94. The number of aryl methyl sites for hydroxylation is 2. The average molecular weight is 894 g/mol. The highest BCUT2D eigenvalue weighted by molar-refractivity contribution is 6.31. The van der Waals surface area contributed by atoms with Crippen molar-refractivity contribution in [2.75, 3.05) is 13.8 Å². The molecule has 332 valence electrons. The number of rotatable bonds is 15. The van der Waals surface area contributed by atoms with Crippen molar-refractivity contribution >= 4 is 41.2 Å². The molecule has 12 nitrogen and oxygen atoms in total. The predicted molar refractivity (Wildman–Crippen MR) is 240 cm³/mol. The second kappa shape index (κ2) is 24.2. The minimum absolute atomic E-state index is 0.0284. The molecule has 0 radical (unpaired) electrons. The molecule has 0 aliphatic rings. The zero-order valence-corrected chi connectivity index (χ0v) is 38.0. The third-order valence-corrected chi connectivity index (χ3v) is 9.72. The highest BCUT2D eigenvalue weighted by Crippen LogP contribution is 2.30. The van der Waals surface area contributed by atoms with Gasteiger partial charge in [-0.2, -0.15) is 0 Å². The fraction of sp³-hybridized carbons (Fsp3) is 0.319. The number of carbonyl (C=O) groups is 2. The molecule has 0 bridgehead atoms. The van der Waals surface area contributed by atoms with Gasteiger partial charge in [-0.3, -0.25) is 29.1 Å². The van der Waals surface area contributed by atoms with E-state index in [1.807, 2.05) is 90.1 Å². The minimum Gasteiger partial charge on any atom is -0.421 e. The molecule has 0 fully saturated rings. The number of ether oxygens (including phenoxy) is 2. The lowest BCUT2D eigenvalue weighted by Gasteiger charge is -2.27. The molecule has 0 atom stereocenters. The molecule has 0 unspecified atom stereocenters. The molecule has 4 aromatic carbocycles. The maximum atomic E-state index is 14.1. The van der Waals surface area contributed by atoms with E-state index in [1.165, 1.54) is 24.1 Å². The topological polar surface area (TPSA) is 144 Å². The van der Waals surface area contributed by atoms with Gasteiger partial charge >= 0.3 is 5.69 Å². The zero-order valence-electron chi connectivity index (χ0n) is 36.5.